The van der Waals surface area contributed by atoms with Crippen LogP contribution in [0.3, 0.4) is 0 Å². The topological polar surface area (TPSA) is 92.3 Å². The van der Waals surface area contributed by atoms with Gasteiger partial charge in [0.1, 0.15) is 11.9 Å². The Morgan fingerprint density at radius 3 is 2.94 bits per heavy atom. The highest BCUT2D eigenvalue weighted by Gasteiger charge is 2.25. The summed E-state index contributed by atoms with van der Waals surface area (Å²) < 4.78 is 5.99. The fraction of sp³-hybridized carbons (Fsp3) is 0.364. The summed E-state index contributed by atoms with van der Waals surface area (Å²) in [5, 5.41) is 6.88. The van der Waals surface area contributed by atoms with Gasteiger partial charge in [-0.2, -0.15) is 0 Å². The molecular formula is C22H26N6O2S. The van der Waals surface area contributed by atoms with Crippen molar-refractivity contribution in [3.05, 3.63) is 58.5 Å². The maximum absolute atomic E-state index is 12.4. The second-order valence-electron chi connectivity index (χ2n) is 7.63. The molecule has 162 valence electrons. The van der Waals surface area contributed by atoms with E-state index >= 15 is 0 Å². The molecule has 0 saturated carbocycles. The summed E-state index contributed by atoms with van der Waals surface area (Å²) >= 11 is 1.47. The third kappa shape index (κ3) is 5.63. The van der Waals surface area contributed by atoms with Crippen LogP contribution < -0.4 is 10.6 Å². The van der Waals surface area contributed by atoms with Gasteiger partial charge in [0.25, 0.3) is 0 Å². The Hall–Kier alpha value is -2.88. The molecule has 1 atom stereocenters. The first-order chi connectivity index (χ1) is 15.0. The van der Waals surface area contributed by atoms with Crippen molar-refractivity contribution < 1.29 is 9.53 Å². The Morgan fingerprint density at radius 2 is 2.16 bits per heavy atom. The third-order valence-corrected chi connectivity index (χ3v) is 5.79. The van der Waals surface area contributed by atoms with Gasteiger partial charge in [0.05, 0.1) is 18.8 Å². The quantitative estimate of drug-likeness (QED) is 0.607. The highest BCUT2D eigenvalue weighted by Crippen LogP contribution is 2.26. The van der Waals surface area contributed by atoms with Gasteiger partial charge in [0.15, 0.2) is 5.13 Å². The van der Waals surface area contributed by atoms with Crippen LogP contribution >= 0.6 is 11.3 Å². The molecular weight excluding hydrogens is 412 g/mol. The summed E-state index contributed by atoms with van der Waals surface area (Å²) in [4.78, 5) is 28.9. The highest BCUT2D eigenvalue weighted by molar-refractivity contribution is 7.15. The molecule has 4 rings (SSSR count). The van der Waals surface area contributed by atoms with Crippen molar-refractivity contribution in [2.75, 3.05) is 36.9 Å². The number of morpholine rings is 1. The Bertz CT molecular complexity index is 1070. The number of nitrogens with one attached hydrogen (secondary N) is 2. The number of carbonyl (C=O) groups is 1. The van der Waals surface area contributed by atoms with E-state index < -0.39 is 0 Å². The summed E-state index contributed by atoms with van der Waals surface area (Å²) in [7, 11) is 0. The number of anilines is 3. The number of thiazole rings is 1. The van der Waals surface area contributed by atoms with Crippen LogP contribution in [0.1, 0.15) is 27.9 Å². The lowest BCUT2D eigenvalue weighted by Crippen LogP contribution is -2.42. The van der Waals surface area contributed by atoms with Gasteiger partial charge < -0.3 is 15.4 Å². The number of nitrogens with zero attached hydrogens (tertiary/aromatic N) is 4. The predicted molar refractivity (Wildman–Crippen MR) is 122 cm³/mol. The van der Waals surface area contributed by atoms with Crippen molar-refractivity contribution in [1.29, 1.82) is 0 Å². The van der Waals surface area contributed by atoms with Gasteiger partial charge in [-0.15, -0.1) is 11.3 Å². The molecule has 8 nitrogen and oxygen atoms in total. The fourth-order valence-electron chi connectivity index (χ4n) is 3.48. The van der Waals surface area contributed by atoms with Crippen molar-refractivity contribution in [2.45, 2.75) is 26.9 Å². The average Bonchev–Trinajstić information content (AvgIpc) is 3.14. The molecule has 31 heavy (non-hydrogen) atoms. The molecule has 3 aromatic heterocycles. The number of rotatable bonds is 6. The van der Waals surface area contributed by atoms with Crippen LogP contribution in [0.2, 0.25) is 0 Å². The lowest BCUT2D eigenvalue weighted by molar-refractivity contribution is -0.119. The van der Waals surface area contributed by atoms with E-state index in [4.69, 9.17) is 4.74 Å². The number of aryl methyl sites for hydroxylation is 3. The van der Waals surface area contributed by atoms with E-state index in [0.717, 1.165) is 33.3 Å². The monoisotopic (exact) mass is 438 g/mol. The number of aromatic nitrogens is 3. The van der Waals surface area contributed by atoms with Gasteiger partial charge >= 0.3 is 0 Å². The number of pyridine rings is 2. The minimum Gasteiger partial charge on any atom is -0.369 e. The minimum atomic E-state index is -0.200. The van der Waals surface area contributed by atoms with Gasteiger partial charge in [0, 0.05) is 41.7 Å². The number of carbonyl (C=O) groups excluding carboxylic acids is 1. The van der Waals surface area contributed by atoms with Gasteiger partial charge in [-0.05, 0) is 44.5 Å². The molecule has 0 aromatic carbocycles. The number of amides is 1. The smallest absolute Gasteiger partial charge is 0.240 e. The molecule has 0 aliphatic carbocycles. The Balaban J connectivity index is 1.42. The Morgan fingerprint density at radius 1 is 1.29 bits per heavy atom. The van der Waals surface area contributed by atoms with E-state index in [0.29, 0.717) is 31.4 Å². The molecule has 0 bridgehead atoms. The van der Waals surface area contributed by atoms with Gasteiger partial charge in [-0.3, -0.25) is 14.7 Å². The maximum Gasteiger partial charge on any atom is 0.240 e. The van der Waals surface area contributed by atoms with E-state index in [-0.39, 0.29) is 12.0 Å². The van der Waals surface area contributed by atoms with Crippen molar-refractivity contribution in [3.63, 3.8) is 0 Å². The van der Waals surface area contributed by atoms with Crippen LogP contribution in [0.15, 0.2) is 36.7 Å². The zero-order valence-electron chi connectivity index (χ0n) is 17.9. The highest BCUT2D eigenvalue weighted by atomic mass is 32.1. The van der Waals surface area contributed by atoms with Gasteiger partial charge in [-0.1, -0.05) is 6.07 Å². The van der Waals surface area contributed by atoms with Gasteiger partial charge in [-0.25, -0.2) is 9.97 Å². The molecule has 1 fully saturated rings. The molecule has 9 heteroatoms. The van der Waals surface area contributed by atoms with E-state index in [1.807, 2.05) is 45.0 Å². The zero-order chi connectivity index (χ0) is 21.8. The molecule has 1 amide bonds. The first-order valence-corrected chi connectivity index (χ1v) is 11.0. The van der Waals surface area contributed by atoms with E-state index in [2.05, 4.69) is 30.5 Å². The van der Waals surface area contributed by atoms with E-state index in [1.165, 1.54) is 11.3 Å². The van der Waals surface area contributed by atoms with E-state index in [1.54, 1.807) is 12.4 Å². The van der Waals surface area contributed by atoms with E-state index in [9.17, 15) is 4.79 Å². The van der Waals surface area contributed by atoms with Crippen LogP contribution in [-0.2, 0) is 9.53 Å². The Kier molecular flexibility index (Phi) is 6.55. The summed E-state index contributed by atoms with van der Waals surface area (Å²) in [6, 6.07) is 7.92. The van der Waals surface area contributed by atoms with Crippen LogP contribution in [0.5, 0.6) is 0 Å². The fourth-order valence-corrected chi connectivity index (χ4v) is 4.16. The maximum atomic E-state index is 12.4. The summed E-state index contributed by atoms with van der Waals surface area (Å²) in [5.74, 6) is 0.750. The van der Waals surface area contributed by atoms with Crippen molar-refractivity contribution in [2.24, 2.45) is 0 Å². The SMILES string of the molecule is Cc1cc(Nc2ncccc2C)cc([C@H]2CN(CC(=O)Nc3ncc(C)s3)CCO2)n1. The summed E-state index contributed by atoms with van der Waals surface area (Å²) in [6.07, 6.45) is 3.32. The second kappa shape index (κ2) is 9.51. The number of ether oxygens (including phenoxy) is 1. The van der Waals surface area contributed by atoms with Crippen molar-refractivity contribution in [1.82, 2.24) is 19.9 Å². The molecule has 3 aromatic rings. The normalized spacial score (nSPS) is 16.8. The minimum absolute atomic E-state index is 0.0693. The summed E-state index contributed by atoms with van der Waals surface area (Å²) in [6.45, 7) is 8.09. The lowest BCUT2D eigenvalue weighted by Gasteiger charge is -2.32. The average molecular weight is 439 g/mol. The predicted octanol–water partition coefficient (Wildman–Crippen LogP) is 3.61. The standard InChI is InChI=1S/C22H26N6O2S/c1-14-5-4-6-23-21(14)26-17-9-15(2)25-18(10-17)19-12-28(7-8-30-19)13-20(29)27-22-24-11-16(3)31-22/h4-6,9-11,19H,7-8,12-13H2,1-3H3,(H,23,25,26)(H,24,27,29)/t19-/m1/s1. The third-order valence-electron chi connectivity index (χ3n) is 4.96. The van der Waals surface area contributed by atoms with Crippen molar-refractivity contribution in [3.8, 4) is 0 Å². The summed E-state index contributed by atoms with van der Waals surface area (Å²) in [5.41, 5.74) is 3.73. The van der Waals surface area contributed by atoms with Crippen LogP contribution in [-0.4, -0.2) is 52.0 Å². The lowest BCUT2D eigenvalue weighted by atomic mass is 10.1. The van der Waals surface area contributed by atoms with Crippen LogP contribution in [0.25, 0.3) is 0 Å². The Labute approximate surface area is 185 Å². The molecule has 0 radical (unpaired) electrons. The number of hydrogen-bond acceptors (Lipinski definition) is 8. The molecule has 0 spiro atoms. The van der Waals surface area contributed by atoms with Crippen molar-refractivity contribution >= 4 is 33.9 Å². The molecule has 1 aliphatic heterocycles. The zero-order valence-corrected chi connectivity index (χ0v) is 18.7. The second-order valence-corrected chi connectivity index (χ2v) is 8.87. The van der Waals surface area contributed by atoms with Gasteiger partial charge in [0.2, 0.25) is 5.91 Å². The molecule has 1 saturated heterocycles. The molecule has 1 aliphatic rings. The molecule has 4 heterocycles. The van der Waals surface area contributed by atoms with Crippen LogP contribution in [0, 0.1) is 20.8 Å². The van der Waals surface area contributed by atoms with Crippen LogP contribution in [0.4, 0.5) is 16.6 Å². The molecule has 2 N–H and O–H groups in total. The largest absolute Gasteiger partial charge is 0.369 e. The first kappa shape index (κ1) is 21.4. The number of hydrogen-bond donors (Lipinski definition) is 2. The molecule has 0 unspecified atom stereocenters. The first-order valence-electron chi connectivity index (χ1n) is 10.2.